The summed E-state index contributed by atoms with van der Waals surface area (Å²) in [5.74, 6) is 2.60. The number of likely N-dealkylation sites (tertiary alicyclic amines) is 2. The Labute approximate surface area is 325 Å². The van der Waals surface area contributed by atoms with Gasteiger partial charge in [-0.25, -0.2) is 4.79 Å². The quantitative estimate of drug-likeness (QED) is 0.204. The topological polar surface area (TPSA) is 141 Å². The van der Waals surface area contributed by atoms with Gasteiger partial charge in [0.05, 0.1) is 43.2 Å². The van der Waals surface area contributed by atoms with E-state index in [2.05, 4.69) is 82.9 Å². The summed E-state index contributed by atoms with van der Waals surface area (Å²) in [5, 5.41) is 10.3. The van der Waals surface area contributed by atoms with Crippen molar-refractivity contribution in [1.82, 2.24) is 20.4 Å². The Balaban J connectivity index is 0.930. The molecule has 11 nitrogen and oxygen atoms in total. The van der Waals surface area contributed by atoms with Gasteiger partial charge in [-0.2, -0.15) is 0 Å². The van der Waals surface area contributed by atoms with Crippen LogP contribution in [0.25, 0.3) is 5.57 Å². The van der Waals surface area contributed by atoms with Gasteiger partial charge in [-0.3, -0.25) is 14.6 Å². The van der Waals surface area contributed by atoms with Gasteiger partial charge in [-0.15, -0.1) is 0 Å². The molecular formula is C44H59N7O4. The molecule has 3 heterocycles. The summed E-state index contributed by atoms with van der Waals surface area (Å²) < 4.78 is 4.86. The maximum Gasteiger partial charge on any atom is 0.407 e. The highest BCUT2D eigenvalue weighted by Gasteiger charge is 2.61. The Kier molecular flexibility index (Phi) is 10.1. The fourth-order valence-electron chi connectivity index (χ4n) is 10.7. The van der Waals surface area contributed by atoms with Crippen LogP contribution in [0.1, 0.15) is 101 Å². The highest BCUT2D eigenvalue weighted by molar-refractivity contribution is 5.94. The number of amides is 3. The number of anilines is 2. The predicted molar refractivity (Wildman–Crippen MR) is 216 cm³/mol. The molecule has 4 fully saturated rings. The predicted octanol–water partition coefficient (Wildman–Crippen LogP) is 6.09. The first-order valence-electron chi connectivity index (χ1n) is 20.7. The van der Waals surface area contributed by atoms with Crippen molar-refractivity contribution in [3.63, 3.8) is 0 Å². The van der Waals surface area contributed by atoms with Crippen molar-refractivity contribution in [2.75, 3.05) is 24.7 Å². The van der Waals surface area contributed by atoms with Gasteiger partial charge in [0.2, 0.25) is 11.8 Å². The molecule has 6 aliphatic rings. The summed E-state index contributed by atoms with van der Waals surface area (Å²) in [6.45, 7) is 11.0. The van der Waals surface area contributed by atoms with Crippen molar-refractivity contribution < 1.29 is 19.1 Å². The van der Waals surface area contributed by atoms with E-state index >= 15 is 0 Å². The highest BCUT2D eigenvalue weighted by atomic mass is 16.5. The lowest BCUT2D eigenvalue weighted by molar-refractivity contribution is -0.137. The molecule has 3 amide bonds. The number of nitrogens with zero attached hydrogens (tertiary/aromatic N) is 3. The van der Waals surface area contributed by atoms with Crippen molar-refractivity contribution in [2.45, 2.75) is 128 Å². The van der Waals surface area contributed by atoms with Crippen molar-refractivity contribution in [1.29, 1.82) is 0 Å². The number of nitrogens with one attached hydrogen (secondary N) is 3. The molecule has 10 atom stereocenters. The molecule has 2 aromatic carbocycles. The van der Waals surface area contributed by atoms with Crippen LogP contribution in [0.5, 0.6) is 0 Å². The number of piperidine rings is 2. The second kappa shape index (κ2) is 14.8. The highest BCUT2D eigenvalue weighted by Crippen LogP contribution is 2.54. The molecule has 5 N–H and O–H groups in total. The second-order valence-electron chi connectivity index (χ2n) is 17.4. The number of alkyl carbamates (subject to hydrolysis) is 1. The number of ether oxygens (including phenoxy) is 1. The number of carbonyl (C=O) groups excluding carboxylic acids is 3. The van der Waals surface area contributed by atoms with Gasteiger partial charge < -0.3 is 36.2 Å². The first kappa shape index (κ1) is 37.4. The summed E-state index contributed by atoms with van der Waals surface area (Å²) >= 11 is 0. The number of hydrogen-bond acceptors (Lipinski definition) is 8. The van der Waals surface area contributed by atoms with E-state index in [1.165, 1.54) is 41.4 Å². The molecule has 2 aromatic rings. The molecule has 11 heteroatoms. The van der Waals surface area contributed by atoms with E-state index in [1.54, 1.807) is 0 Å². The zero-order valence-corrected chi connectivity index (χ0v) is 33.3. The van der Waals surface area contributed by atoms with Crippen LogP contribution >= 0.6 is 0 Å². The maximum atomic E-state index is 14.1. The minimum absolute atomic E-state index is 0.0190. The van der Waals surface area contributed by atoms with E-state index in [0.717, 1.165) is 50.0 Å². The number of carbonyl (C=O) groups is 3. The smallest absolute Gasteiger partial charge is 0.407 e. The maximum absolute atomic E-state index is 14.1. The SMILES string of the molecule is CCCC(=O)N1C2CCC(C2)C1C1=NCC(c2ccc(C3=CCc4c(ccc(N)c4NC(C)C4CC5C(C)C5N4C(=O)C(NC(=O)OC)C(C)C)C3)cc2)N1. The van der Waals surface area contributed by atoms with E-state index < -0.39 is 12.1 Å². The Hall–Kier alpha value is -4.54. The number of allylic oxidation sites excluding steroid dienone is 2. The van der Waals surface area contributed by atoms with Gasteiger partial charge in [0.25, 0.3) is 0 Å². The van der Waals surface area contributed by atoms with Crippen LogP contribution in [0, 0.1) is 23.7 Å². The molecule has 0 spiro atoms. The Morgan fingerprint density at radius 2 is 1.84 bits per heavy atom. The summed E-state index contributed by atoms with van der Waals surface area (Å²) in [7, 11) is 1.32. The largest absolute Gasteiger partial charge is 0.453 e. The van der Waals surface area contributed by atoms with E-state index in [0.29, 0.717) is 42.4 Å². The van der Waals surface area contributed by atoms with Gasteiger partial charge in [-0.05, 0) is 109 Å². The Bertz CT molecular complexity index is 1890. The average Bonchev–Trinajstić information content (AvgIpc) is 3.80. The van der Waals surface area contributed by atoms with Crippen LogP contribution < -0.4 is 21.7 Å². The zero-order chi connectivity index (χ0) is 38.7. The molecule has 3 aliphatic heterocycles. The van der Waals surface area contributed by atoms with Crippen molar-refractivity contribution in [3.8, 4) is 0 Å². The van der Waals surface area contributed by atoms with E-state index in [-0.39, 0.29) is 47.9 Å². The summed E-state index contributed by atoms with van der Waals surface area (Å²) in [6.07, 6.45) is 9.14. The average molecular weight is 750 g/mol. The van der Waals surface area contributed by atoms with Gasteiger partial charge in [0.15, 0.2) is 0 Å². The molecule has 294 valence electrons. The van der Waals surface area contributed by atoms with Gasteiger partial charge in [0, 0.05) is 24.5 Å². The molecule has 55 heavy (non-hydrogen) atoms. The molecule has 8 rings (SSSR count). The number of rotatable bonds is 11. The molecule has 10 unspecified atom stereocenters. The third-order valence-corrected chi connectivity index (χ3v) is 13.7. The molecule has 2 saturated heterocycles. The standard InChI is InChI=1S/C44H59N7O4/c1-7-8-37(52)50-31-16-13-30(20-31)41(50)42-46-22-35(48-42)27-11-9-26(10-12-27)28-14-17-32-29(19-28)15-18-34(45)39(32)47-25(5)36-21-33-24(4)40(33)51(36)43(53)38(23(2)3)49-44(54)55-6/h9-12,14-15,18,23-25,30-31,33,35-36,38,40-41,47H,7-8,13,16-17,19-22,45H2,1-6H3,(H,46,48)(H,49,54). The van der Waals surface area contributed by atoms with E-state index in [1.807, 2.05) is 19.9 Å². The van der Waals surface area contributed by atoms with Crippen LogP contribution in [0.2, 0.25) is 0 Å². The zero-order valence-electron chi connectivity index (χ0n) is 33.3. The lowest BCUT2D eigenvalue weighted by atomic mass is 9.86. The molecule has 3 aliphatic carbocycles. The van der Waals surface area contributed by atoms with Crippen molar-refractivity contribution >= 4 is 40.7 Å². The number of nitrogen functional groups attached to an aromatic ring is 1. The van der Waals surface area contributed by atoms with Crippen LogP contribution in [0.3, 0.4) is 0 Å². The Morgan fingerprint density at radius 1 is 1.05 bits per heavy atom. The molecule has 2 saturated carbocycles. The van der Waals surface area contributed by atoms with Gasteiger partial charge in [0.1, 0.15) is 11.9 Å². The van der Waals surface area contributed by atoms with Crippen LogP contribution in [0.15, 0.2) is 47.5 Å². The third kappa shape index (κ3) is 6.75. The van der Waals surface area contributed by atoms with Crippen molar-refractivity contribution in [2.24, 2.45) is 28.7 Å². The number of fused-ring (bicyclic) bond motifs is 4. The second-order valence-corrected chi connectivity index (χ2v) is 17.4. The number of benzene rings is 2. The lowest BCUT2D eigenvalue weighted by Crippen LogP contribution is -2.56. The monoisotopic (exact) mass is 749 g/mol. The summed E-state index contributed by atoms with van der Waals surface area (Å²) in [6, 6.07) is 13.1. The third-order valence-electron chi connectivity index (χ3n) is 13.7. The van der Waals surface area contributed by atoms with Crippen LogP contribution in [-0.4, -0.2) is 83.4 Å². The lowest BCUT2D eigenvalue weighted by Gasteiger charge is -2.37. The number of nitrogens with two attached hydrogens (primary N) is 1. The summed E-state index contributed by atoms with van der Waals surface area (Å²) in [5.41, 5.74) is 14.5. The fourth-order valence-corrected chi connectivity index (χ4v) is 10.7. The van der Waals surface area contributed by atoms with E-state index in [4.69, 9.17) is 15.5 Å². The number of amidine groups is 1. The number of aliphatic imine (C=N–C) groups is 1. The summed E-state index contributed by atoms with van der Waals surface area (Å²) in [4.78, 5) is 48.5. The normalized spacial score (nSPS) is 29.9. The van der Waals surface area contributed by atoms with Crippen LogP contribution in [-0.2, 0) is 27.2 Å². The minimum Gasteiger partial charge on any atom is -0.453 e. The minimum atomic E-state index is -0.652. The van der Waals surface area contributed by atoms with Crippen molar-refractivity contribution in [3.05, 3.63) is 64.7 Å². The van der Waals surface area contributed by atoms with Gasteiger partial charge >= 0.3 is 6.09 Å². The first-order valence-corrected chi connectivity index (χ1v) is 20.7. The van der Waals surface area contributed by atoms with E-state index in [9.17, 15) is 14.4 Å². The Morgan fingerprint density at radius 3 is 2.56 bits per heavy atom. The molecule has 2 bridgehead atoms. The number of hydrogen-bond donors (Lipinski definition) is 4. The fraction of sp³-hybridized carbons (Fsp3) is 0.591. The molecular weight excluding hydrogens is 691 g/mol. The number of methoxy groups -OCH3 is 1. The van der Waals surface area contributed by atoms with Crippen LogP contribution in [0.4, 0.5) is 16.2 Å². The molecule has 0 radical (unpaired) electrons. The first-order chi connectivity index (χ1) is 26.5. The van der Waals surface area contributed by atoms with Gasteiger partial charge in [-0.1, -0.05) is 64.1 Å². The molecule has 0 aromatic heterocycles.